The van der Waals surface area contributed by atoms with Crippen molar-refractivity contribution in [3.63, 3.8) is 0 Å². The third-order valence-electron chi connectivity index (χ3n) is 3.99. The molecule has 116 valence electrons. The minimum atomic E-state index is 0.781. The van der Waals surface area contributed by atoms with Crippen LogP contribution >= 0.6 is 15.9 Å². The Labute approximate surface area is 142 Å². The molecule has 0 atom stereocenters. The predicted molar refractivity (Wildman–Crippen MR) is 93.7 cm³/mol. The molecule has 0 bridgehead atoms. The first-order valence-electron chi connectivity index (χ1n) is 7.48. The van der Waals surface area contributed by atoms with Gasteiger partial charge in [0.05, 0.1) is 0 Å². The van der Waals surface area contributed by atoms with Crippen LogP contribution in [0.25, 0.3) is 11.0 Å². The third-order valence-corrected chi connectivity index (χ3v) is 4.42. The number of halogens is 1. The second kappa shape index (κ2) is 6.08. The normalized spacial score (nSPS) is 15.2. The average Bonchev–Trinajstić information content (AvgIpc) is 2.62. The van der Waals surface area contributed by atoms with Gasteiger partial charge in [-0.25, -0.2) is 19.9 Å². The second-order valence-electron chi connectivity index (χ2n) is 5.41. The molecule has 1 saturated heterocycles. The van der Waals surface area contributed by atoms with Crippen LogP contribution in [0.4, 0.5) is 11.6 Å². The summed E-state index contributed by atoms with van der Waals surface area (Å²) in [7, 11) is 0. The molecule has 0 radical (unpaired) electrons. The van der Waals surface area contributed by atoms with E-state index in [2.05, 4.69) is 57.8 Å². The van der Waals surface area contributed by atoms with Crippen LogP contribution in [-0.4, -0.2) is 46.1 Å². The molecule has 6 nitrogen and oxygen atoms in total. The molecule has 7 heteroatoms. The first-order chi connectivity index (χ1) is 11.3. The average molecular weight is 371 g/mol. The highest BCUT2D eigenvalue weighted by Crippen LogP contribution is 2.21. The molecule has 0 unspecified atom stereocenters. The summed E-state index contributed by atoms with van der Waals surface area (Å²) < 4.78 is 0.970. The van der Waals surface area contributed by atoms with Crippen molar-refractivity contribution in [2.45, 2.75) is 0 Å². The zero-order chi connectivity index (χ0) is 15.6. The lowest BCUT2D eigenvalue weighted by Crippen LogP contribution is -2.47. The maximum absolute atomic E-state index is 4.69. The van der Waals surface area contributed by atoms with Crippen molar-refractivity contribution < 1.29 is 0 Å². The summed E-state index contributed by atoms with van der Waals surface area (Å²) in [6, 6.07) is 8.13. The van der Waals surface area contributed by atoms with Crippen LogP contribution in [0, 0.1) is 0 Å². The molecule has 1 fully saturated rings. The molecule has 3 aromatic heterocycles. The predicted octanol–water partition coefficient (Wildman–Crippen LogP) is 2.51. The quantitative estimate of drug-likeness (QED) is 0.690. The Balaban J connectivity index is 1.51. The van der Waals surface area contributed by atoms with Crippen molar-refractivity contribution in [1.29, 1.82) is 0 Å². The van der Waals surface area contributed by atoms with Gasteiger partial charge in [0.2, 0.25) is 0 Å². The topological polar surface area (TPSA) is 58.0 Å². The molecule has 4 rings (SSSR count). The van der Waals surface area contributed by atoms with Gasteiger partial charge in [-0.05, 0) is 40.2 Å². The van der Waals surface area contributed by atoms with E-state index in [-0.39, 0.29) is 0 Å². The lowest BCUT2D eigenvalue weighted by Gasteiger charge is -2.36. The first-order valence-corrected chi connectivity index (χ1v) is 8.27. The van der Waals surface area contributed by atoms with Gasteiger partial charge in [0, 0.05) is 48.4 Å². The molecule has 0 aromatic carbocycles. The fourth-order valence-corrected chi connectivity index (χ4v) is 3.13. The number of nitrogens with zero attached hydrogens (tertiary/aromatic N) is 6. The Kier molecular flexibility index (Phi) is 3.78. The maximum Gasteiger partial charge on any atom is 0.161 e. The number of aromatic nitrogens is 4. The zero-order valence-electron chi connectivity index (χ0n) is 12.4. The number of hydrogen-bond acceptors (Lipinski definition) is 6. The van der Waals surface area contributed by atoms with Crippen LogP contribution in [0.3, 0.4) is 0 Å². The number of pyridine rings is 2. The maximum atomic E-state index is 4.69. The Morgan fingerprint density at radius 1 is 0.913 bits per heavy atom. The second-order valence-corrected chi connectivity index (χ2v) is 6.33. The van der Waals surface area contributed by atoms with Gasteiger partial charge in [0.1, 0.15) is 18.0 Å². The third kappa shape index (κ3) is 2.96. The molecule has 0 aliphatic carbocycles. The van der Waals surface area contributed by atoms with Crippen molar-refractivity contribution in [3.05, 3.63) is 47.5 Å². The fraction of sp³-hybridized carbons (Fsp3) is 0.250. The van der Waals surface area contributed by atoms with Crippen LogP contribution in [0.2, 0.25) is 0 Å². The molecule has 23 heavy (non-hydrogen) atoms. The molecule has 3 aromatic rings. The largest absolute Gasteiger partial charge is 0.353 e. The van der Waals surface area contributed by atoms with Gasteiger partial charge in [-0.1, -0.05) is 0 Å². The molecule has 4 heterocycles. The highest BCUT2D eigenvalue weighted by molar-refractivity contribution is 9.10. The molecular weight excluding hydrogens is 356 g/mol. The van der Waals surface area contributed by atoms with Crippen molar-refractivity contribution in [2.75, 3.05) is 36.0 Å². The van der Waals surface area contributed by atoms with Crippen molar-refractivity contribution in [2.24, 2.45) is 0 Å². The summed E-state index contributed by atoms with van der Waals surface area (Å²) >= 11 is 3.44. The van der Waals surface area contributed by atoms with Gasteiger partial charge in [-0.3, -0.25) is 0 Å². The highest BCUT2D eigenvalue weighted by Gasteiger charge is 2.19. The SMILES string of the molecule is Brc1cnc2nc(N3CCN(c4ccncn4)CC3)ccc2c1. The summed E-state index contributed by atoms with van der Waals surface area (Å²) in [5, 5.41) is 1.04. The highest BCUT2D eigenvalue weighted by atomic mass is 79.9. The van der Waals surface area contributed by atoms with Crippen LogP contribution in [0.5, 0.6) is 0 Å². The van der Waals surface area contributed by atoms with E-state index in [0.717, 1.165) is 53.3 Å². The Morgan fingerprint density at radius 3 is 2.43 bits per heavy atom. The standard InChI is InChI=1S/C16H15BrN6/c17-13-9-12-1-2-15(21-16(12)19-10-13)23-7-5-22(6-8-23)14-3-4-18-11-20-14/h1-4,9-11H,5-8H2. The van der Waals surface area contributed by atoms with Gasteiger partial charge in [-0.15, -0.1) is 0 Å². The number of anilines is 2. The number of piperazine rings is 1. The van der Waals surface area contributed by atoms with Crippen molar-refractivity contribution in [1.82, 2.24) is 19.9 Å². The van der Waals surface area contributed by atoms with Gasteiger partial charge in [-0.2, -0.15) is 0 Å². The molecule has 0 amide bonds. The van der Waals surface area contributed by atoms with Gasteiger partial charge in [0.15, 0.2) is 5.65 Å². The van der Waals surface area contributed by atoms with Gasteiger partial charge >= 0.3 is 0 Å². The molecule has 1 aliphatic rings. The zero-order valence-corrected chi connectivity index (χ0v) is 14.0. The van der Waals surface area contributed by atoms with E-state index in [4.69, 9.17) is 0 Å². The summed E-state index contributed by atoms with van der Waals surface area (Å²) in [4.78, 5) is 21.9. The van der Waals surface area contributed by atoms with Crippen molar-refractivity contribution >= 4 is 38.6 Å². The number of fused-ring (bicyclic) bond motifs is 1. The first kappa shape index (κ1) is 14.3. The van der Waals surface area contributed by atoms with E-state index in [1.165, 1.54) is 0 Å². The van der Waals surface area contributed by atoms with Crippen LogP contribution < -0.4 is 9.80 Å². The van der Waals surface area contributed by atoms with Crippen LogP contribution in [0.15, 0.2) is 47.5 Å². The van der Waals surface area contributed by atoms with E-state index >= 15 is 0 Å². The van der Waals surface area contributed by atoms with E-state index in [0.29, 0.717) is 0 Å². The molecular formula is C16H15BrN6. The van der Waals surface area contributed by atoms with E-state index in [1.807, 2.05) is 12.1 Å². The van der Waals surface area contributed by atoms with Crippen LogP contribution in [0.1, 0.15) is 0 Å². The Bertz CT molecular complexity index is 817. The smallest absolute Gasteiger partial charge is 0.161 e. The van der Waals surface area contributed by atoms with Crippen molar-refractivity contribution in [3.8, 4) is 0 Å². The monoisotopic (exact) mass is 370 g/mol. The van der Waals surface area contributed by atoms with Gasteiger partial charge < -0.3 is 9.80 Å². The number of hydrogen-bond donors (Lipinski definition) is 0. The molecule has 0 N–H and O–H groups in total. The summed E-state index contributed by atoms with van der Waals surface area (Å²) in [6.45, 7) is 3.67. The lowest BCUT2D eigenvalue weighted by atomic mass is 10.2. The fourth-order valence-electron chi connectivity index (χ4n) is 2.79. The Morgan fingerprint density at radius 2 is 1.70 bits per heavy atom. The molecule has 1 aliphatic heterocycles. The molecule has 0 spiro atoms. The number of rotatable bonds is 2. The summed E-state index contributed by atoms with van der Waals surface area (Å²) in [5.41, 5.74) is 0.781. The van der Waals surface area contributed by atoms with E-state index in [1.54, 1.807) is 18.7 Å². The minimum absolute atomic E-state index is 0.781. The minimum Gasteiger partial charge on any atom is -0.353 e. The molecule has 0 saturated carbocycles. The van der Waals surface area contributed by atoms with E-state index < -0.39 is 0 Å². The summed E-state index contributed by atoms with van der Waals surface area (Å²) in [6.07, 6.45) is 5.16. The van der Waals surface area contributed by atoms with E-state index in [9.17, 15) is 0 Å². The van der Waals surface area contributed by atoms with Crippen LogP contribution in [-0.2, 0) is 0 Å². The lowest BCUT2D eigenvalue weighted by molar-refractivity contribution is 0.641. The summed E-state index contributed by atoms with van der Waals surface area (Å²) in [5.74, 6) is 1.97. The van der Waals surface area contributed by atoms with Gasteiger partial charge in [0.25, 0.3) is 0 Å². The Hall–Kier alpha value is -2.28.